The van der Waals surface area contributed by atoms with Crippen LogP contribution in [0.25, 0.3) is 0 Å². The highest BCUT2D eigenvalue weighted by molar-refractivity contribution is 5.73. The minimum absolute atomic E-state index is 0.219. The molecule has 1 heterocycles. The van der Waals surface area contributed by atoms with E-state index in [0.29, 0.717) is 5.88 Å². The van der Waals surface area contributed by atoms with Crippen molar-refractivity contribution in [3.05, 3.63) is 24.4 Å². The standard InChI is InChI=1S/C8H10N2O2/c9-7(11)4-6-12-8-3-1-2-5-10-8/h1-3,5H,4,6H2,(H2,9,11). The number of hydrogen-bond acceptors (Lipinski definition) is 3. The molecule has 1 amide bonds. The normalized spacial score (nSPS) is 9.33. The van der Waals surface area contributed by atoms with Crippen LogP contribution in [0.1, 0.15) is 6.42 Å². The predicted molar refractivity (Wildman–Crippen MR) is 43.5 cm³/mol. The first kappa shape index (κ1) is 8.52. The van der Waals surface area contributed by atoms with Crippen molar-refractivity contribution >= 4 is 5.91 Å². The molecule has 0 spiro atoms. The topological polar surface area (TPSA) is 65.2 Å². The first-order chi connectivity index (χ1) is 5.79. The Morgan fingerprint density at radius 2 is 2.42 bits per heavy atom. The van der Waals surface area contributed by atoms with Gasteiger partial charge in [0.25, 0.3) is 0 Å². The molecule has 2 N–H and O–H groups in total. The van der Waals surface area contributed by atoms with Crippen LogP contribution >= 0.6 is 0 Å². The van der Waals surface area contributed by atoms with E-state index in [1.54, 1.807) is 18.3 Å². The number of nitrogens with two attached hydrogens (primary N) is 1. The molecule has 0 fully saturated rings. The average Bonchev–Trinajstić information content (AvgIpc) is 2.05. The molecule has 0 aliphatic heterocycles. The van der Waals surface area contributed by atoms with Crippen LogP contribution in [0.4, 0.5) is 0 Å². The highest BCUT2D eigenvalue weighted by Crippen LogP contribution is 2.02. The largest absolute Gasteiger partial charge is 0.477 e. The van der Waals surface area contributed by atoms with Gasteiger partial charge in [0.2, 0.25) is 11.8 Å². The number of carbonyl (C=O) groups excluding carboxylic acids is 1. The molecule has 0 saturated carbocycles. The number of rotatable bonds is 4. The number of carbonyl (C=O) groups is 1. The summed E-state index contributed by atoms with van der Waals surface area (Å²) in [6.07, 6.45) is 1.84. The number of aromatic nitrogens is 1. The maximum absolute atomic E-state index is 10.3. The maximum atomic E-state index is 10.3. The van der Waals surface area contributed by atoms with Crippen LogP contribution in [0.15, 0.2) is 24.4 Å². The van der Waals surface area contributed by atoms with Crippen LogP contribution in [0.2, 0.25) is 0 Å². The molecule has 0 radical (unpaired) electrons. The van der Waals surface area contributed by atoms with Crippen LogP contribution in [0.5, 0.6) is 5.88 Å². The van der Waals surface area contributed by atoms with Gasteiger partial charge in [0.15, 0.2) is 0 Å². The Bertz CT molecular complexity index is 248. The van der Waals surface area contributed by atoms with Crippen molar-refractivity contribution in [2.45, 2.75) is 6.42 Å². The summed E-state index contributed by atoms with van der Waals surface area (Å²) < 4.78 is 5.10. The molecule has 0 unspecified atom stereocenters. The van der Waals surface area contributed by atoms with E-state index >= 15 is 0 Å². The third-order valence-corrected chi connectivity index (χ3v) is 1.24. The molecule has 0 bridgehead atoms. The summed E-state index contributed by atoms with van der Waals surface area (Å²) in [5, 5.41) is 0. The molecule has 0 aliphatic carbocycles. The van der Waals surface area contributed by atoms with Crippen LogP contribution in [-0.4, -0.2) is 17.5 Å². The zero-order chi connectivity index (χ0) is 8.81. The van der Waals surface area contributed by atoms with Crippen LogP contribution in [-0.2, 0) is 4.79 Å². The van der Waals surface area contributed by atoms with E-state index in [1.165, 1.54) is 0 Å². The minimum Gasteiger partial charge on any atom is -0.477 e. The van der Waals surface area contributed by atoms with Crippen molar-refractivity contribution in [2.75, 3.05) is 6.61 Å². The van der Waals surface area contributed by atoms with E-state index in [2.05, 4.69) is 4.98 Å². The van der Waals surface area contributed by atoms with Gasteiger partial charge in [-0.3, -0.25) is 4.79 Å². The molecular formula is C8H10N2O2. The van der Waals surface area contributed by atoms with Gasteiger partial charge in [0.1, 0.15) is 0 Å². The second-order valence-electron chi connectivity index (χ2n) is 2.23. The van der Waals surface area contributed by atoms with E-state index < -0.39 is 0 Å². The van der Waals surface area contributed by atoms with Gasteiger partial charge in [-0.05, 0) is 6.07 Å². The van der Waals surface area contributed by atoms with E-state index in [9.17, 15) is 4.79 Å². The van der Waals surface area contributed by atoms with Gasteiger partial charge in [0.05, 0.1) is 13.0 Å². The molecule has 1 aromatic heterocycles. The molecule has 1 rings (SSSR count). The van der Waals surface area contributed by atoms with E-state index in [4.69, 9.17) is 10.5 Å². The fourth-order valence-corrected chi connectivity index (χ4v) is 0.689. The lowest BCUT2D eigenvalue weighted by atomic mass is 10.4. The van der Waals surface area contributed by atoms with Crippen molar-refractivity contribution in [1.29, 1.82) is 0 Å². The quantitative estimate of drug-likeness (QED) is 0.701. The number of pyridine rings is 1. The summed E-state index contributed by atoms with van der Waals surface area (Å²) in [6.45, 7) is 0.284. The summed E-state index contributed by atoms with van der Waals surface area (Å²) in [5.41, 5.74) is 4.92. The molecular weight excluding hydrogens is 156 g/mol. The lowest BCUT2D eigenvalue weighted by Gasteiger charge is -2.01. The zero-order valence-electron chi connectivity index (χ0n) is 6.56. The molecule has 12 heavy (non-hydrogen) atoms. The summed E-state index contributed by atoms with van der Waals surface area (Å²) in [4.78, 5) is 14.2. The Morgan fingerprint density at radius 3 is 3.00 bits per heavy atom. The van der Waals surface area contributed by atoms with Gasteiger partial charge in [-0.1, -0.05) is 6.07 Å². The third kappa shape index (κ3) is 3.01. The molecule has 0 aliphatic rings. The van der Waals surface area contributed by atoms with Crippen molar-refractivity contribution in [3.8, 4) is 5.88 Å². The van der Waals surface area contributed by atoms with Gasteiger partial charge in [-0.2, -0.15) is 0 Å². The second-order valence-corrected chi connectivity index (χ2v) is 2.23. The van der Waals surface area contributed by atoms with Crippen LogP contribution in [0, 0.1) is 0 Å². The highest BCUT2D eigenvalue weighted by atomic mass is 16.5. The van der Waals surface area contributed by atoms with Gasteiger partial charge in [0, 0.05) is 12.3 Å². The summed E-state index contributed by atoms with van der Waals surface area (Å²) >= 11 is 0. The van der Waals surface area contributed by atoms with Crippen molar-refractivity contribution in [3.63, 3.8) is 0 Å². The van der Waals surface area contributed by atoms with E-state index in [-0.39, 0.29) is 18.9 Å². The van der Waals surface area contributed by atoms with E-state index in [1.807, 2.05) is 6.07 Å². The number of nitrogens with zero attached hydrogens (tertiary/aromatic N) is 1. The Balaban J connectivity index is 2.29. The Morgan fingerprint density at radius 1 is 1.58 bits per heavy atom. The van der Waals surface area contributed by atoms with E-state index in [0.717, 1.165) is 0 Å². The lowest BCUT2D eigenvalue weighted by Crippen LogP contribution is -2.14. The highest BCUT2D eigenvalue weighted by Gasteiger charge is 1.95. The lowest BCUT2D eigenvalue weighted by molar-refractivity contribution is -0.118. The minimum atomic E-state index is -0.370. The van der Waals surface area contributed by atoms with Gasteiger partial charge in [-0.15, -0.1) is 0 Å². The van der Waals surface area contributed by atoms with Crippen molar-refractivity contribution in [2.24, 2.45) is 5.73 Å². The zero-order valence-corrected chi connectivity index (χ0v) is 6.56. The molecule has 1 aromatic rings. The van der Waals surface area contributed by atoms with Crippen molar-refractivity contribution < 1.29 is 9.53 Å². The maximum Gasteiger partial charge on any atom is 0.220 e. The summed E-state index contributed by atoms with van der Waals surface area (Å²) in [6, 6.07) is 5.33. The Kier molecular flexibility index (Phi) is 3.07. The predicted octanol–water partition coefficient (Wildman–Crippen LogP) is 0.336. The average molecular weight is 166 g/mol. The van der Waals surface area contributed by atoms with Crippen molar-refractivity contribution in [1.82, 2.24) is 4.98 Å². The monoisotopic (exact) mass is 166 g/mol. The third-order valence-electron chi connectivity index (χ3n) is 1.24. The first-order valence-electron chi connectivity index (χ1n) is 3.61. The summed E-state index contributed by atoms with van der Waals surface area (Å²) in [5.74, 6) is 0.143. The molecule has 0 saturated heterocycles. The Hall–Kier alpha value is -1.58. The molecule has 64 valence electrons. The smallest absolute Gasteiger partial charge is 0.220 e. The number of primary amides is 1. The fourth-order valence-electron chi connectivity index (χ4n) is 0.689. The SMILES string of the molecule is NC(=O)CCOc1ccccn1. The van der Waals surface area contributed by atoms with Gasteiger partial charge >= 0.3 is 0 Å². The van der Waals surface area contributed by atoms with Crippen LogP contribution < -0.4 is 10.5 Å². The van der Waals surface area contributed by atoms with Gasteiger partial charge < -0.3 is 10.5 Å². The number of ether oxygens (including phenoxy) is 1. The molecule has 4 heteroatoms. The fraction of sp³-hybridized carbons (Fsp3) is 0.250. The first-order valence-corrected chi connectivity index (χ1v) is 3.61. The molecule has 0 atom stereocenters. The molecule has 4 nitrogen and oxygen atoms in total. The second kappa shape index (κ2) is 4.33. The summed E-state index contributed by atoms with van der Waals surface area (Å²) in [7, 11) is 0. The number of amides is 1. The van der Waals surface area contributed by atoms with Crippen LogP contribution in [0.3, 0.4) is 0 Å². The Labute approximate surface area is 70.4 Å². The molecule has 0 aromatic carbocycles. The number of hydrogen-bond donors (Lipinski definition) is 1. The van der Waals surface area contributed by atoms with Gasteiger partial charge in [-0.25, -0.2) is 4.98 Å².